The van der Waals surface area contributed by atoms with Crippen molar-refractivity contribution in [3.63, 3.8) is 0 Å². The molecule has 312 valence electrons. The molecule has 0 aliphatic carbocycles. The molecular formula is C46H48I2N6O4S2. The van der Waals surface area contributed by atoms with Crippen molar-refractivity contribution in [3.8, 4) is 0 Å². The molecule has 2 fully saturated rings. The van der Waals surface area contributed by atoms with Crippen molar-refractivity contribution in [2.75, 3.05) is 39.3 Å². The van der Waals surface area contributed by atoms with Crippen molar-refractivity contribution < 1.29 is 9.59 Å². The molecule has 14 heteroatoms. The molecule has 0 bridgehead atoms. The third kappa shape index (κ3) is 9.99. The fourth-order valence-electron chi connectivity index (χ4n) is 8.35. The van der Waals surface area contributed by atoms with Crippen LogP contribution in [0.4, 0.5) is 0 Å². The van der Waals surface area contributed by atoms with Gasteiger partial charge in [0, 0.05) is 70.4 Å². The van der Waals surface area contributed by atoms with Crippen LogP contribution >= 0.6 is 69.6 Å². The van der Waals surface area contributed by atoms with Crippen molar-refractivity contribution >= 4 is 103 Å². The van der Waals surface area contributed by atoms with E-state index < -0.39 is 0 Å². The zero-order valence-electron chi connectivity index (χ0n) is 33.8. The predicted octanol–water partition coefficient (Wildman–Crippen LogP) is 8.54. The summed E-state index contributed by atoms with van der Waals surface area (Å²) in [7, 11) is 3.82. The molecule has 0 radical (unpaired) electrons. The van der Waals surface area contributed by atoms with E-state index in [4.69, 9.17) is 24.4 Å². The number of aromatic nitrogens is 4. The van der Waals surface area contributed by atoms with Crippen LogP contribution in [0.1, 0.15) is 46.4 Å². The fraction of sp³-hybridized carbons (Fsp3) is 0.348. The molecule has 10 nitrogen and oxygen atoms in total. The van der Waals surface area contributed by atoms with Crippen LogP contribution in [0.15, 0.2) is 107 Å². The quantitative estimate of drug-likeness (QED) is 0.0767. The highest BCUT2D eigenvalue weighted by Gasteiger charge is 2.27. The molecule has 0 atom stereocenters. The number of hydrogen-bond acceptors (Lipinski definition) is 8. The highest BCUT2D eigenvalue weighted by Crippen LogP contribution is 2.24. The lowest BCUT2D eigenvalue weighted by molar-refractivity contribution is 0.0830. The largest absolute Gasteiger partial charge is 0.321 e. The number of para-hydroxylation sites is 1. The van der Waals surface area contributed by atoms with Crippen molar-refractivity contribution in [2.24, 2.45) is 25.9 Å². The van der Waals surface area contributed by atoms with Crippen LogP contribution in [0, 0.1) is 28.5 Å². The average molecular weight is 1070 g/mol. The molecule has 2 aliphatic rings. The van der Waals surface area contributed by atoms with E-state index in [0.29, 0.717) is 33.4 Å². The Hall–Kier alpha value is -3.68. The molecule has 0 amide bonds. The van der Waals surface area contributed by atoms with E-state index in [0.717, 1.165) is 94.3 Å². The van der Waals surface area contributed by atoms with Gasteiger partial charge < -0.3 is 18.9 Å². The van der Waals surface area contributed by atoms with Gasteiger partial charge >= 0.3 is 0 Å². The monoisotopic (exact) mass is 1070 g/mol. The number of rotatable bonds is 10. The van der Waals surface area contributed by atoms with Crippen molar-refractivity contribution in [1.82, 2.24) is 28.1 Å². The molecule has 2 aromatic heterocycles. The van der Waals surface area contributed by atoms with Crippen LogP contribution in [0.2, 0.25) is 0 Å². The molecule has 0 spiro atoms. The second-order valence-electron chi connectivity index (χ2n) is 15.6. The molecule has 0 N–H and O–H groups in total. The van der Waals surface area contributed by atoms with Crippen molar-refractivity contribution in [3.05, 3.63) is 146 Å². The SMILES string of the molecule is Cn1c(=S)n(CCN2CCC(C(=O)c3ccc(I)cc3)CC2)c(=O)c2ccccc21.Cn1c(=S)n(CCN2CCC(C(=O)c3ccccc3)CC2)c(=O)c2cc(I)ccc21. The molecule has 8 rings (SSSR count). The Morgan fingerprint density at radius 3 is 1.52 bits per heavy atom. The minimum Gasteiger partial charge on any atom is -0.321 e. The molecule has 4 heterocycles. The highest BCUT2D eigenvalue weighted by atomic mass is 127. The van der Waals surface area contributed by atoms with E-state index in [-0.39, 0.29) is 34.5 Å². The van der Waals surface area contributed by atoms with Crippen LogP contribution in [-0.4, -0.2) is 78.9 Å². The molecule has 0 unspecified atom stereocenters. The minimum atomic E-state index is -0.0301. The molecule has 0 saturated carbocycles. The Labute approximate surface area is 387 Å². The van der Waals surface area contributed by atoms with E-state index >= 15 is 0 Å². The molecular weight excluding hydrogens is 1020 g/mol. The van der Waals surface area contributed by atoms with Crippen molar-refractivity contribution in [2.45, 2.75) is 38.8 Å². The molecule has 2 saturated heterocycles. The Morgan fingerprint density at radius 2 is 0.983 bits per heavy atom. The van der Waals surface area contributed by atoms with Gasteiger partial charge in [0.1, 0.15) is 0 Å². The third-order valence-corrected chi connectivity index (χ3v) is 14.3. The van der Waals surface area contributed by atoms with E-state index in [1.807, 2.05) is 120 Å². The Bertz CT molecular complexity index is 2770. The van der Waals surface area contributed by atoms with Gasteiger partial charge in [-0.1, -0.05) is 54.6 Å². The van der Waals surface area contributed by atoms with E-state index in [9.17, 15) is 19.2 Å². The predicted molar refractivity (Wildman–Crippen MR) is 261 cm³/mol. The fourth-order valence-corrected chi connectivity index (χ4v) is 9.75. The molecule has 4 aromatic carbocycles. The summed E-state index contributed by atoms with van der Waals surface area (Å²) in [5.74, 6) is 0.658. The first kappa shape index (κ1) is 44.4. The number of piperidine rings is 2. The Morgan fingerprint density at radius 1 is 0.550 bits per heavy atom. The summed E-state index contributed by atoms with van der Waals surface area (Å²) in [6.07, 6.45) is 3.41. The number of aryl methyl sites for hydroxylation is 2. The van der Waals surface area contributed by atoms with Crippen LogP contribution < -0.4 is 11.1 Å². The van der Waals surface area contributed by atoms with E-state index in [1.165, 1.54) is 0 Å². The smallest absolute Gasteiger partial charge is 0.262 e. The number of benzene rings is 4. The molecule has 6 aromatic rings. The van der Waals surface area contributed by atoms with Gasteiger partial charge in [0.05, 0.1) is 21.8 Å². The maximum Gasteiger partial charge on any atom is 0.262 e. The van der Waals surface area contributed by atoms with Crippen LogP contribution in [0.3, 0.4) is 0 Å². The summed E-state index contributed by atoms with van der Waals surface area (Å²) in [6.45, 7) is 6.09. The zero-order chi connectivity index (χ0) is 42.5. The van der Waals surface area contributed by atoms with Gasteiger partial charge in [-0.25, -0.2) is 0 Å². The zero-order valence-corrected chi connectivity index (χ0v) is 39.7. The second-order valence-corrected chi connectivity index (χ2v) is 18.8. The lowest BCUT2D eigenvalue weighted by Crippen LogP contribution is -2.39. The first-order valence-electron chi connectivity index (χ1n) is 20.3. The normalized spacial score (nSPS) is 15.5. The number of nitrogens with zero attached hydrogens (tertiary/aromatic N) is 6. The van der Waals surface area contributed by atoms with Gasteiger partial charge in [0.15, 0.2) is 21.1 Å². The topological polar surface area (TPSA) is 94.5 Å². The summed E-state index contributed by atoms with van der Waals surface area (Å²) in [6, 6.07) is 30.8. The first-order chi connectivity index (χ1) is 28.9. The Kier molecular flexibility index (Phi) is 14.8. The number of fused-ring (bicyclic) bond motifs is 2. The standard InChI is InChI=1S/2C23H24IN3O2S/c1-25-20-5-3-2-4-19(20)22(29)27(23(25)30)15-14-26-12-10-17(11-13-26)21(28)16-6-8-18(24)9-7-16;1-25-20-8-7-18(24)15-19(20)22(29)27(23(25)30)14-13-26-11-9-17(10-12-26)21(28)16-5-3-2-4-6-16/h2-9,17H,10-15H2,1H3;2-8,15,17H,9-14H2,1H3. The number of halogens is 2. The van der Waals surface area contributed by atoms with Crippen LogP contribution in [-0.2, 0) is 27.2 Å². The van der Waals surface area contributed by atoms with Gasteiger partial charge in [0.25, 0.3) is 11.1 Å². The van der Waals surface area contributed by atoms with Crippen LogP contribution in [0.5, 0.6) is 0 Å². The number of hydrogen-bond donors (Lipinski definition) is 0. The van der Waals surface area contributed by atoms with E-state index in [2.05, 4.69) is 55.0 Å². The lowest BCUT2D eigenvalue weighted by atomic mass is 9.89. The van der Waals surface area contributed by atoms with E-state index in [1.54, 1.807) is 9.13 Å². The summed E-state index contributed by atoms with van der Waals surface area (Å²) >= 11 is 15.6. The summed E-state index contributed by atoms with van der Waals surface area (Å²) < 4.78 is 10.5. The van der Waals surface area contributed by atoms with Gasteiger partial charge in [-0.3, -0.25) is 28.3 Å². The maximum atomic E-state index is 13.0. The Balaban J connectivity index is 0.000000181. The van der Waals surface area contributed by atoms with Gasteiger partial charge in [-0.2, -0.15) is 0 Å². The number of Topliss-reactive ketones (excluding diaryl/α,β-unsaturated/α-hetero) is 2. The van der Waals surface area contributed by atoms with Gasteiger partial charge in [-0.15, -0.1) is 0 Å². The minimum absolute atomic E-state index is 0.0271. The van der Waals surface area contributed by atoms with Gasteiger partial charge in [0.2, 0.25) is 0 Å². The van der Waals surface area contributed by atoms with Gasteiger partial charge in [-0.05, 0) is 164 Å². The second kappa shape index (κ2) is 20.0. The number of likely N-dealkylation sites (tertiary alicyclic amines) is 2. The molecule has 60 heavy (non-hydrogen) atoms. The summed E-state index contributed by atoms with van der Waals surface area (Å²) in [5.41, 5.74) is 3.27. The third-order valence-electron chi connectivity index (χ3n) is 12.0. The maximum absolute atomic E-state index is 13.0. The summed E-state index contributed by atoms with van der Waals surface area (Å²) in [5, 5.41) is 1.39. The molecule has 2 aliphatic heterocycles. The number of carbonyl (C=O) groups is 2. The van der Waals surface area contributed by atoms with Crippen molar-refractivity contribution in [1.29, 1.82) is 0 Å². The first-order valence-corrected chi connectivity index (χ1v) is 23.3. The summed E-state index contributed by atoms with van der Waals surface area (Å²) in [4.78, 5) is 56.1. The highest BCUT2D eigenvalue weighted by molar-refractivity contribution is 14.1. The average Bonchev–Trinajstić information content (AvgIpc) is 3.28. The number of ketones is 2. The number of carbonyl (C=O) groups excluding carboxylic acids is 2. The van der Waals surface area contributed by atoms with Crippen LogP contribution in [0.25, 0.3) is 21.8 Å². The lowest BCUT2D eigenvalue weighted by Gasteiger charge is -2.31.